The summed E-state index contributed by atoms with van der Waals surface area (Å²) < 4.78 is 25.8. The normalized spacial score (nSPS) is 18.8. The Labute approximate surface area is 135 Å². The number of benzene rings is 1. The number of hydrogen-bond acceptors (Lipinski definition) is 4. The van der Waals surface area contributed by atoms with E-state index >= 15 is 0 Å². The molecule has 21 heavy (non-hydrogen) atoms. The van der Waals surface area contributed by atoms with E-state index in [0.29, 0.717) is 13.1 Å². The van der Waals surface area contributed by atoms with E-state index in [-0.39, 0.29) is 6.04 Å². The van der Waals surface area contributed by atoms with Gasteiger partial charge in [-0.2, -0.15) is 4.31 Å². The fourth-order valence-electron chi connectivity index (χ4n) is 2.58. The zero-order chi connectivity index (χ0) is 15.6. The van der Waals surface area contributed by atoms with Gasteiger partial charge in [0.15, 0.2) is 0 Å². The van der Waals surface area contributed by atoms with Gasteiger partial charge in [0.05, 0.1) is 6.26 Å². The standard InChI is InChI=1S/C14H22BrN3O2S/c1-11(16-2)13-10-12(15)4-5-14(13)17-6-8-18(9-7-17)21(3,19)20/h4-5,10-11,16H,6-9H2,1-3H3. The highest BCUT2D eigenvalue weighted by atomic mass is 79.9. The van der Waals surface area contributed by atoms with Crippen molar-refractivity contribution in [2.75, 3.05) is 44.4 Å². The van der Waals surface area contributed by atoms with Crippen molar-refractivity contribution >= 4 is 31.6 Å². The molecule has 1 unspecified atom stereocenters. The molecule has 118 valence electrons. The van der Waals surface area contributed by atoms with Crippen LogP contribution in [0.5, 0.6) is 0 Å². The van der Waals surface area contributed by atoms with Gasteiger partial charge in [0.25, 0.3) is 0 Å². The maximum atomic E-state index is 11.6. The van der Waals surface area contributed by atoms with Crippen molar-refractivity contribution in [3.63, 3.8) is 0 Å². The topological polar surface area (TPSA) is 52.6 Å². The molecule has 1 atom stereocenters. The zero-order valence-corrected chi connectivity index (χ0v) is 15.0. The maximum Gasteiger partial charge on any atom is 0.211 e. The summed E-state index contributed by atoms with van der Waals surface area (Å²) in [5.74, 6) is 0. The van der Waals surface area contributed by atoms with Crippen molar-refractivity contribution in [3.8, 4) is 0 Å². The maximum absolute atomic E-state index is 11.6. The van der Waals surface area contributed by atoms with Crippen LogP contribution in [0, 0.1) is 0 Å². The van der Waals surface area contributed by atoms with E-state index in [1.807, 2.05) is 13.1 Å². The molecule has 1 heterocycles. The molecule has 1 aliphatic rings. The third-order valence-electron chi connectivity index (χ3n) is 3.94. The lowest BCUT2D eigenvalue weighted by Crippen LogP contribution is -2.48. The molecule has 1 aliphatic heterocycles. The lowest BCUT2D eigenvalue weighted by molar-refractivity contribution is 0.387. The summed E-state index contributed by atoms with van der Waals surface area (Å²) >= 11 is 3.52. The molecular formula is C14H22BrN3O2S. The number of halogens is 1. The van der Waals surface area contributed by atoms with E-state index in [0.717, 1.165) is 17.6 Å². The minimum absolute atomic E-state index is 0.241. The number of nitrogens with one attached hydrogen (secondary N) is 1. The molecule has 0 aromatic heterocycles. The molecule has 1 aromatic rings. The highest BCUT2D eigenvalue weighted by Gasteiger charge is 2.25. The number of nitrogens with zero attached hydrogens (tertiary/aromatic N) is 2. The van der Waals surface area contributed by atoms with Crippen molar-refractivity contribution in [1.29, 1.82) is 0 Å². The first-order valence-electron chi connectivity index (χ1n) is 6.99. The van der Waals surface area contributed by atoms with Gasteiger partial charge in [0.1, 0.15) is 0 Å². The Morgan fingerprint density at radius 1 is 1.24 bits per heavy atom. The van der Waals surface area contributed by atoms with Crippen LogP contribution in [0.1, 0.15) is 18.5 Å². The largest absolute Gasteiger partial charge is 0.369 e. The smallest absolute Gasteiger partial charge is 0.211 e. The van der Waals surface area contributed by atoms with Gasteiger partial charge in [0, 0.05) is 42.4 Å². The van der Waals surface area contributed by atoms with Gasteiger partial charge in [-0.3, -0.25) is 0 Å². The van der Waals surface area contributed by atoms with Gasteiger partial charge in [-0.1, -0.05) is 15.9 Å². The second kappa shape index (κ2) is 6.64. The van der Waals surface area contributed by atoms with E-state index in [1.165, 1.54) is 17.5 Å². The SMILES string of the molecule is CNC(C)c1cc(Br)ccc1N1CCN(S(C)(=O)=O)CC1. The van der Waals surface area contributed by atoms with Crippen LogP contribution in [-0.2, 0) is 10.0 Å². The number of rotatable bonds is 4. The van der Waals surface area contributed by atoms with E-state index in [4.69, 9.17) is 0 Å². The molecule has 5 nitrogen and oxygen atoms in total. The van der Waals surface area contributed by atoms with E-state index in [9.17, 15) is 8.42 Å². The Bertz CT molecular complexity index is 598. The predicted octanol–water partition coefficient (Wildman–Crippen LogP) is 1.81. The van der Waals surface area contributed by atoms with E-state index < -0.39 is 10.0 Å². The molecule has 1 saturated heterocycles. The number of sulfonamides is 1. The summed E-state index contributed by atoms with van der Waals surface area (Å²) in [7, 11) is -1.14. The van der Waals surface area contributed by atoms with Gasteiger partial charge >= 0.3 is 0 Å². The molecule has 1 N–H and O–H groups in total. The summed E-state index contributed by atoms with van der Waals surface area (Å²) in [5, 5.41) is 3.27. The Morgan fingerprint density at radius 2 is 1.86 bits per heavy atom. The van der Waals surface area contributed by atoms with Crippen LogP contribution in [0.15, 0.2) is 22.7 Å². The molecule has 2 rings (SSSR count). The van der Waals surface area contributed by atoms with E-state index in [2.05, 4.69) is 45.2 Å². The molecule has 0 spiro atoms. The highest BCUT2D eigenvalue weighted by molar-refractivity contribution is 9.10. The van der Waals surface area contributed by atoms with Crippen LogP contribution >= 0.6 is 15.9 Å². The summed E-state index contributed by atoms with van der Waals surface area (Å²) in [6.07, 6.45) is 1.27. The fourth-order valence-corrected chi connectivity index (χ4v) is 3.78. The minimum Gasteiger partial charge on any atom is -0.369 e. The molecule has 1 fully saturated rings. The van der Waals surface area contributed by atoms with Crippen molar-refractivity contribution in [2.24, 2.45) is 0 Å². The first-order valence-corrected chi connectivity index (χ1v) is 9.64. The van der Waals surface area contributed by atoms with Crippen LogP contribution in [-0.4, -0.2) is 52.2 Å². The third-order valence-corrected chi connectivity index (χ3v) is 5.73. The van der Waals surface area contributed by atoms with Crippen LogP contribution < -0.4 is 10.2 Å². The van der Waals surface area contributed by atoms with Crippen LogP contribution in [0.2, 0.25) is 0 Å². The Hall–Kier alpha value is -0.630. The molecule has 1 aromatic carbocycles. The average Bonchev–Trinajstić information content (AvgIpc) is 2.45. The van der Waals surface area contributed by atoms with Crippen molar-refractivity contribution in [2.45, 2.75) is 13.0 Å². The summed E-state index contributed by atoms with van der Waals surface area (Å²) in [6.45, 7) is 4.65. The van der Waals surface area contributed by atoms with Gasteiger partial charge in [-0.25, -0.2) is 8.42 Å². The fraction of sp³-hybridized carbons (Fsp3) is 0.571. The van der Waals surface area contributed by atoms with Crippen molar-refractivity contribution in [1.82, 2.24) is 9.62 Å². The first kappa shape index (κ1) is 16.7. The van der Waals surface area contributed by atoms with Crippen molar-refractivity contribution in [3.05, 3.63) is 28.2 Å². The molecule has 0 amide bonds. The van der Waals surface area contributed by atoms with Crippen molar-refractivity contribution < 1.29 is 8.42 Å². The molecule has 0 radical (unpaired) electrons. The summed E-state index contributed by atoms with van der Waals surface area (Å²) in [6, 6.07) is 6.50. The van der Waals surface area contributed by atoms with Crippen LogP contribution in [0.4, 0.5) is 5.69 Å². The molecule has 0 saturated carbocycles. The second-order valence-electron chi connectivity index (χ2n) is 5.36. The Balaban J connectivity index is 2.20. The number of anilines is 1. The summed E-state index contributed by atoms with van der Waals surface area (Å²) in [4.78, 5) is 2.26. The number of hydrogen-bond donors (Lipinski definition) is 1. The van der Waals surface area contributed by atoms with Gasteiger partial charge in [-0.15, -0.1) is 0 Å². The zero-order valence-electron chi connectivity index (χ0n) is 12.6. The summed E-state index contributed by atoms with van der Waals surface area (Å²) in [5.41, 5.74) is 2.40. The monoisotopic (exact) mass is 375 g/mol. The van der Waals surface area contributed by atoms with Gasteiger partial charge in [0.2, 0.25) is 10.0 Å². The molecular weight excluding hydrogens is 354 g/mol. The van der Waals surface area contributed by atoms with Crippen LogP contribution in [0.25, 0.3) is 0 Å². The molecule has 7 heteroatoms. The predicted molar refractivity (Wildman–Crippen MR) is 90.2 cm³/mol. The lowest BCUT2D eigenvalue weighted by atomic mass is 10.0. The highest BCUT2D eigenvalue weighted by Crippen LogP contribution is 2.30. The number of piperazine rings is 1. The van der Waals surface area contributed by atoms with Gasteiger partial charge < -0.3 is 10.2 Å². The first-order chi connectivity index (χ1) is 9.82. The lowest BCUT2D eigenvalue weighted by Gasteiger charge is -2.36. The Kier molecular flexibility index (Phi) is 5.29. The molecule has 0 aliphatic carbocycles. The quantitative estimate of drug-likeness (QED) is 0.871. The average molecular weight is 376 g/mol. The Morgan fingerprint density at radius 3 is 2.38 bits per heavy atom. The van der Waals surface area contributed by atoms with Gasteiger partial charge in [-0.05, 0) is 37.7 Å². The van der Waals surface area contributed by atoms with Crippen LogP contribution in [0.3, 0.4) is 0 Å². The minimum atomic E-state index is -3.08. The third kappa shape index (κ3) is 3.97. The van der Waals surface area contributed by atoms with E-state index in [1.54, 1.807) is 4.31 Å². The second-order valence-corrected chi connectivity index (χ2v) is 8.26. The molecule has 0 bridgehead atoms.